The normalized spacial score (nSPS) is 42.6. The first kappa shape index (κ1) is 16.3. The Kier molecular flexibility index (Phi) is 5.88. The van der Waals surface area contributed by atoms with Crippen LogP contribution in [0.2, 0.25) is 0 Å². The van der Waals surface area contributed by atoms with E-state index in [-0.39, 0.29) is 5.60 Å². The maximum atomic E-state index is 6.67. The summed E-state index contributed by atoms with van der Waals surface area (Å²) in [6.07, 6.45) is 8.18. The monoisotopic (exact) mass is 283 g/mol. The lowest BCUT2D eigenvalue weighted by Gasteiger charge is -2.44. The number of rotatable bonds is 5. The SMILES string of the molecule is CCNCC1(OC2CC(C)OC(C)C2)CCC(C)CC1. The van der Waals surface area contributed by atoms with Crippen molar-refractivity contribution in [3.05, 3.63) is 0 Å². The predicted molar refractivity (Wildman–Crippen MR) is 83.0 cm³/mol. The van der Waals surface area contributed by atoms with Gasteiger partial charge in [-0.2, -0.15) is 0 Å². The molecule has 20 heavy (non-hydrogen) atoms. The van der Waals surface area contributed by atoms with Crippen LogP contribution in [0.5, 0.6) is 0 Å². The molecule has 0 aromatic heterocycles. The number of likely N-dealkylation sites (N-methyl/N-ethyl adjacent to an activating group) is 1. The summed E-state index contributed by atoms with van der Waals surface area (Å²) >= 11 is 0. The van der Waals surface area contributed by atoms with E-state index >= 15 is 0 Å². The first-order chi connectivity index (χ1) is 9.53. The molecule has 2 aliphatic rings. The van der Waals surface area contributed by atoms with Crippen LogP contribution in [0.4, 0.5) is 0 Å². The van der Waals surface area contributed by atoms with Crippen molar-refractivity contribution in [1.82, 2.24) is 5.32 Å². The third-order valence-electron chi connectivity index (χ3n) is 4.95. The largest absolute Gasteiger partial charge is 0.375 e. The third-order valence-corrected chi connectivity index (χ3v) is 4.95. The van der Waals surface area contributed by atoms with Gasteiger partial charge in [0.15, 0.2) is 0 Å². The molecule has 2 rings (SSSR count). The first-order valence-corrected chi connectivity index (χ1v) is 8.57. The molecule has 1 aliphatic heterocycles. The molecule has 0 aromatic rings. The van der Waals surface area contributed by atoms with Crippen molar-refractivity contribution >= 4 is 0 Å². The van der Waals surface area contributed by atoms with Crippen molar-refractivity contribution in [2.45, 2.75) is 90.1 Å². The van der Waals surface area contributed by atoms with Crippen LogP contribution >= 0.6 is 0 Å². The number of ether oxygens (including phenoxy) is 2. The van der Waals surface area contributed by atoms with Crippen LogP contribution < -0.4 is 5.32 Å². The van der Waals surface area contributed by atoms with E-state index in [4.69, 9.17) is 9.47 Å². The van der Waals surface area contributed by atoms with E-state index in [1.165, 1.54) is 25.7 Å². The standard InChI is InChI=1S/C17H33NO2/c1-5-18-12-17(8-6-13(2)7-9-17)20-16-10-14(3)19-15(4)11-16/h13-16,18H,5-12H2,1-4H3. The Labute approximate surface area is 124 Å². The first-order valence-electron chi connectivity index (χ1n) is 8.57. The van der Waals surface area contributed by atoms with Gasteiger partial charge in [-0.05, 0) is 64.8 Å². The second kappa shape index (κ2) is 7.24. The van der Waals surface area contributed by atoms with E-state index < -0.39 is 0 Å². The summed E-state index contributed by atoms with van der Waals surface area (Å²) in [5.74, 6) is 0.862. The summed E-state index contributed by atoms with van der Waals surface area (Å²) in [7, 11) is 0. The van der Waals surface area contributed by atoms with Gasteiger partial charge in [-0.3, -0.25) is 0 Å². The predicted octanol–water partition coefficient (Wildman–Crippen LogP) is 3.52. The highest BCUT2D eigenvalue weighted by Gasteiger charge is 2.38. The van der Waals surface area contributed by atoms with Crippen molar-refractivity contribution in [2.24, 2.45) is 5.92 Å². The van der Waals surface area contributed by atoms with Crippen LogP contribution in [-0.4, -0.2) is 37.0 Å². The van der Waals surface area contributed by atoms with Gasteiger partial charge in [-0.25, -0.2) is 0 Å². The van der Waals surface area contributed by atoms with Gasteiger partial charge in [-0.1, -0.05) is 13.8 Å². The fourth-order valence-corrected chi connectivity index (χ4v) is 3.77. The molecule has 2 unspecified atom stereocenters. The molecule has 1 aliphatic carbocycles. The minimum atomic E-state index is 0.0734. The number of hydrogen-bond acceptors (Lipinski definition) is 3. The Morgan fingerprint density at radius 2 is 1.70 bits per heavy atom. The molecule has 118 valence electrons. The molecule has 0 amide bonds. The van der Waals surface area contributed by atoms with Gasteiger partial charge in [0, 0.05) is 6.54 Å². The quantitative estimate of drug-likeness (QED) is 0.837. The summed E-state index contributed by atoms with van der Waals surface area (Å²) in [6.45, 7) is 10.9. The van der Waals surface area contributed by atoms with Crippen molar-refractivity contribution in [1.29, 1.82) is 0 Å². The summed E-state index contributed by atoms with van der Waals surface area (Å²) in [6, 6.07) is 0. The van der Waals surface area contributed by atoms with E-state index in [0.29, 0.717) is 18.3 Å². The molecule has 3 heteroatoms. The Morgan fingerprint density at radius 1 is 1.10 bits per heavy atom. The lowest BCUT2D eigenvalue weighted by atomic mass is 9.79. The van der Waals surface area contributed by atoms with Crippen LogP contribution in [0, 0.1) is 5.92 Å². The molecule has 0 radical (unpaired) electrons. The molecule has 1 heterocycles. The Hall–Kier alpha value is -0.120. The average molecular weight is 283 g/mol. The maximum Gasteiger partial charge on any atom is 0.0810 e. The zero-order valence-corrected chi connectivity index (χ0v) is 13.8. The van der Waals surface area contributed by atoms with Crippen molar-refractivity contribution in [2.75, 3.05) is 13.1 Å². The summed E-state index contributed by atoms with van der Waals surface area (Å²) in [4.78, 5) is 0. The van der Waals surface area contributed by atoms with Crippen LogP contribution in [0.25, 0.3) is 0 Å². The topological polar surface area (TPSA) is 30.5 Å². The number of hydrogen-bond donors (Lipinski definition) is 1. The lowest BCUT2D eigenvalue weighted by molar-refractivity contribution is -0.169. The molecular formula is C17H33NO2. The molecule has 2 atom stereocenters. The van der Waals surface area contributed by atoms with Crippen LogP contribution in [0.15, 0.2) is 0 Å². The summed E-state index contributed by atoms with van der Waals surface area (Å²) in [5, 5.41) is 3.53. The van der Waals surface area contributed by atoms with Crippen molar-refractivity contribution in [3.63, 3.8) is 0 Å². The van der Waals surface area contributed by atoms with Crippen LogP contribution in [0.1, 0.15) is 66.2 Å². The maximum absolute atomic E-state index is 6.67. The minimum absolute atomic E-state index is 0.0734. The van der Waals surface area contributed by atoms with Crippen molar-refractivity contribution in [3.8, 4) is 0 Å². The molecular weight excluding hydrogens is 250 g/mol. The highest BCUT2D eigenvalue weighted by molar-refractivity contribution is 4.90. The summed E-state index contributed by atoms with van der Waals surface area (Å²) < 4.78 is 12.5. The van der Waals surface area contributed by atoms with Gasteiger partial charge in [0.25, 0.3) is 0 Å². The van der Waals surface area contributed by atoms with E-state index in [0.717, 1.165) is 31.8 Å². The zero-order chi connectivity index (χ0) is 14.6. The molecule has 3 nitrogen and oxygen atoms in total. The minimum Gasteiger partial charge on any atom is -0.375 e. The molecule has 0 spiro atoms. The Morgan fingerprint density at radius 3 is 2.25 bits per heavy atom. The van der Waals surface area contributed by atoms with Crippen LogP contribution in [0.3, 0.4) is 0 Å². The Bertz CT molecular complexity index is 271. The van der Waals surface area contributed by atoms with Crippen LogP contribution in [-0.2, 0) is 9.47 Å². The van der Waals surface area contributed by atoms with E-state index in [1.807, 2.05) is 0 Å². The van der Waals surface area contributed by atoms with Gasteiger partial charge in [0.1, 0.15) is 0 Å². The van der Waals surface area contributed by atoms with Gasteiger partial charge >= 0.3 is 0 Å². The fourth-order valence-electron chi connectivity index (χ4n) is 3.77. The van der Waals surface area contributed by atoms with Crippen molar-refractivity contribution < 1.29 is 9.47 Å². The van der Waals surface area contributed by atoms with Gasteiger partial charge < -0.3 is 14.8 Å². The van der Waals surface area contributed by atoms with E-state index in [2.05, 4.69) is 33.0 Å². The van der Waals surface area contributed by atoms with Gasteiger partial charge in [-0.15, -0.1) is 0 Å². The Balaban J connectivity index is 1.96. The molecule has 0 aromatic carbocycles. The van der Waals surface area contributed by atoms with Gasteiger partial charge in [0.05, 0.1) is 23.9 Å². The smallest absolute Gasteiger partial charge is 0.0810 e. The summed E-state index contributed by atoms with van der Waals surface area (Å²) in [5.41, 5.74) is 0.0734. The third kappa shape index (κ3) is 4.44. The van der Waals surface area contributed by atoms with E-state index in [9.17, 15) is 0 Å². The second-order valence-electron chi connectivity index (χ2n) is 7.11. The average Bonchev–Trinajstić information content (AvgIpc) is 2.39. The lowest BCUT2D eigenvalue weighted by Crippen LogP contribution is -2.49. The molecule has 2 fully saturated rings. The molecule has 0 bridgehead atoms. The highest BCUT2D eigenvalue weighted by atomic mass is 16.5. The van der Waals surface area contributed by atoms with E-state index in [1.54, 1.807) is 0 Å². The highest BCUT2D eigenvalue weighted by Crippen LogP contribution is 2.37. The zero-order valence-electron chi connectivity index (χ0n) is 13.8. The second-order valence-corrected chi connectivity index (χ2v) is 7.11. The molecule has 1 N–H and O–H groups in total. The fraction of sp³-hybridized carbons (Fsp3) is 1.00. The molecule has 1 saturated heterocycles. The number of nitrogens with one attached hydrogen (secondary N) is 1. The van der Waals surface area contributed by atoms with Gasteiger partial charge in [0.2, 0.25) is 0 Å². The molecule has 1 saturated carbocycles.